The van der Waals surface area contributed by atoms with Crippen LogP contribution < -0.4 is 5.32 Å². The number of anilines is 1. The van der Waals surface area contributed by atoms with Gasteiger partial charge >= 0.3 is 6.03 Å². The number of carbonyl (C=O) groups excluding carboxylic acids is 1. The summed E-state index contributed by atoms with van der Waals surface area (Å²) in [6.45, 7) is 1.84. The molecule has 1 rings (SSSR count). The van der Waals surface area contributed by atoms with Crippen LogP contribution in [0, 0.1) is 12.3 Å². The van der Waals surface area contributed by atoms with Crippen molar-refractivity contribution >= 4 is 17.7 Å². The Balaban J connectivity index is 2.80. The normalized spacial score (nSPS) is 8.69. The maximum Gasteiger partial charge on any atom is 0.354 e. The van der Waals surface area contributed by atoms with Crippen LogP contribution in [0.3, 0.4) is 0 Å². The molecule has 0 spiro atoms. The number of urea groups is 1. The van der Waals surface area contributed by atoms with Gasteiger partial charge in [-0.2, -0.15) is 0 Å². The summed E-state index contributed by atoms with van der Waals surface area (Å²) in [6, 6.07) is 2.80. The Bertz CT molecular complexity index is 368. The number of carbonyl (C=O) groups is 1. The molecule has 0 fully saturated rings. The van der Waals surface area contributed by atoms with Gasteiger partial charge in [-0.1, -0.05) is 0 Å². The van der Waals surface area contributed by atoms with E-state index < -0.39 is 6.03 Å². The fraction of sp³-hybridized carbons (Fsp3) is 0.125. The van der Waals surface area contributed by atoms with Gasteiger partial charge in [0.05, 0.1) is 17.9 Å². The lowest BCUT2D eigenvalue weighted by Crippen LogP contribution is -2.07. The third kappa shape index (κ3) is 2.50. The molecule has 0 aliphatic rings. The van der Waals surface area contributed by atoms with Gasteiger partial charge in [-0.15, -0.1) is 4.99 Å². The predicted octanol–water partition coefficient (Wildman–Crippen LogP) is 1.67. The van der Waals surface area contributed by atoms with E-state index in [1.165, 1.54) is 6.20 Å². The van der Waals surface area contributed by atoms with Gasteiger partial charge in [0, 0.05) is 6.20 Å². The van der Waals surface area contributed by atoms with Crippen molar-refractivity contribution in [3.05, 3.63) is 24.0 Å². The molecular weight excluding hydrogens is 168 g/mol. The van der Waals surface area contributed by atoms with E-state index in [0.29, 0.717) is 5.69 Å². The molecule has 2 amide bonds. The Morgan fingerprint density at radius 2 is 2.54 bits per heavy atom. The van der Waals surface area contributed by atoms with E-state index in [9.17, 15) is 4.79 Å². The van der Waals surface area contributed by atoms with E-state index in [2.05, 4.69) is 15.3 Å². The van der Waals surface area contributed by atoms with E-state index >= 15 is 0 Å². The number of nitrogens with zero attached hydrogens (tertiary/aromatic N) is 2. The molecule has 1 aromatic heterocycles. The molecule has 0 aliphatic carbocycles. The molecule has 0 saturated carbocycles. The monoisotopic (exact) mass is 176 g/mol. The highest BCUT2D eigenvalue weighted by atomic mass is 16.2. The first-order valence-electron chi connectivity index (χ1n) is 3.58. The Morgan fingerprint density at radius 1 is 1.77 bits per heavy atom. The van der Waals surface area contributed by atoms with Gasteiger partial charge in [-0.3, -0.25) is 4.98 Å². The van der Waals surface area contributed by atoms with Gasteiger partial charge in [0.2, 0.25) is 0 Å². The molecule has 5 heteroatoms. The van der Waals surface area contributed by atoms with Crippen LogP contribution in [0.5, 0.6) is 0 Å². The van der Waals surface area contributed by atoms with Crippen molar-refractivity contribution in [3.8, 4) is 0 Å². The van der Waals surface area contributed by atoms with Crippen molar-refractivity contribution in [1.29, 1.82) is 5.41 Å². The summed E-state index contributed by atoms with van der Waals surface area (Å²) in [4.78, 5) is 17.8. The van der Waals surface area contributed by atoms with E-state index in [4.69, 9.17) is 5.41 Å². The minimum absolute atomic E-state index is 0.589. The first-order valence-corrected chi connectivity index (χ1v) is 3.58. The summed E-state index contributed by atoms with van der Waals surface area (Å²) < 4.78 is 0. The highest BCUT2D eigenvalue weighted by molar-refractivity contribution is 5.93. The van der Waals surface area contributed by atoms with Gasteiger partial charge in [-0.05, 0) is 18.6 Å². The van der Waals surface area contributed by atoms with Gasteiger partial charge in [0.25, 0.3) is 0 Å². The second-order valence-electron chi connectivity index (χ2n) is 2.34. The number of hydrogen-bond donors (Lipinski definition) is 2. The lowest BCUT2D eigenvalue weighted by molar-refractivity contribution is 0.259. The largest absolute Gasteiger partial charge is 0.354 e. The maximum absolute atomic E-state index is 10.9. The number of aryl methyl sites for hydroxylation is 1. The molecule has 0 radical (unpaired) electrons. The maximum atomic E-state index is 10.9. The van der Waals surface area contributed by atoms with Crippen LogP contribution in [0.2, 0.25) is 0 Å². The minimum atomic E-state index is -0.619. The SMILES string of the molecule is Cc1ccncc1NC(=O)N=C=N. The Hall–Kier alpha value is -2.00. The average molecular weight is 176 g/mol. The molecule has 1 aromatic rings. The number of rotatable bonds is 1. The highest BCUT2D eigenvalue weighted by Gasteiger charge is 2.00. The van der Waals surface area contributed by atoms with Crippen LogP contribution in [-0.2, 0) is 0 Å². The molecule has 0 unspecified atom stereocenters. The van der Waals surface area contributed by atoms with Crippen molar-refractivity contribution in [2.24, 2.45) is 4.99 Å². The first-order chi connectivity index (χ1) is 6.24. The van der Waals surface area contributed by atoms with Crippen molar-refractivity contribution in [2.75, 3.05) is 5.32 Å². The molecule has 0 bridgehead atoms. The standard InChI is InChI=1S/C8H8N4O/c1-6-2-3-10-4-7(6)12-8(13)11-5-9/h2-4,9H,1H3,(H,12,13). The number of aliphatic imine (C=N–C) groups is 1. The van der Waals surface area contributed by atoms with E-state index in [0.717, 1.165) is 5.56 Å². The smallest absolute Gasteiger partial charge is 0.304 e. The molecule has 5 nitrogen and oxygen atoms in total. The average Bonchev–Trinajstić information content (AvgIpc) is 2.09. The van der Waals surface area contributed by atoms with Gasteiger partial charge < -0.3 is 5.32 Å². The predicted molar refractivity (Wildman–Crippen MR) is 48.1 cm³/mol. The summed E-state index contributed by atoms with van der Waals surface area (Å²) in [6.07, 6.45) is 3.15. The highest BCUT2D eigenvalue weighted by Crippen LogP contribution is 2.10. The molecule has 0 aromatic carbocycles. The van der Waals surface area contributed by atoms with E-state index in [1.54, 1.807) is 18.3 Å². The van der Waals surface area contributed by atoms with E-state index in [1.807, 2.05) is 6.92 Å². The zero-order valence-corrected chi connectivity index (χ0v) is 7.03. The molecule has 0 atom stereocenters. The molecule has 0 saturated heterocycles. The lowest BCUT2D eigenvalue weighted by Gasteiger charge is -2.02. The zero-order valence-electron chi connectivity index (χ0n) is 7.03. The van der Waals surface area contributed by atoms with Crippen LogP contribution in [0.15, 0.2) is 23.5 Å². The number of nitrogens with one attached hydrogen (secondary N) is 2. The topological polar surface area (TPSA) is 78.2 Å². The number of amides is 2. The third-order valence-corrected chi connectivity index (χ3v) is 1.44. The van der Waals surface area contributed by atoms with Gasteiger partial charge in [-0.25, -0.2) is 10.2 Å². The molecular formula is C8H8N4O. The van der Waals surface area contributed by atoms with Crippen LogP contribution >= 0.6 is 0 Å². The summed E-state index contributed by atoms with van der Waals surface area (Å²) in [7, 11) is 0. The summed E-state index contributed by atoms with van der Waals surface area (Å²) in [5.41, 5.74) is 1.48. The fourth-order valence-corrected chi connectivity index (χ4v) is 0.789. The fourth-order valence-electron chi connectivity index (χ4n) is 0.789. The summed E-state index contributed by atoms with van der Waals surface area (Å²) in [5, 5.41) is 8.92. The quantitative estimate of drug-likeness (QED) is 0.638. The molecule has 66 valence electrons. The lowest BCUT2D eigenvalue weighted by atomic mass is 10.2. The summed E-state index contributed by atoms with van der Waals surface area (Å²) in [5.74, 6) is 0. The van der Waals surface area contributed by atoms with Crippen LogP contribution in [0.4, 0.5) is 10.5 Å². The number of aromatic nitrogens is 1. The molecule has 1 heterocycles. The molecule has 13 heavy (non-hydrogen) atoms. The number of pyridine rings is 1. The second-order valence-corrected chi connectivity index (χ2v) is 2.34. The number of hydrogen-bond acceptors (Lipinski definition) is 3. The Labute approximate surface area is 75.0 Å². The van der Waals surface area contributed by atoms with Crippen LogP contribution in [0.1, 0.15) is 5.56 Å². The van der Waals surface area contributed by atoms with Crippen LogP contribution in [0.25, 0.3) is 0 Å². The minimum Gasteiger partial charge on any atom is -0.304 e. The van der Waals surface area contributed by atoms with Crippen molar-refractivity contribution in [1.82, 2.24) is 4.98 Å². The summed E-state index contributed by atoms with van der Waals surface area (Å²) >= 11 is 0. The van der Waals surface area contributed by atoms with Gasteiger partial charge in [0.15, 0.2) is 0 Å². The molecule has 0 aliphatic heterocycles. The Kier molecular flexibility index (Phi) is 2.89. The van der Waals surface area contributed by atoms with Gasteiger partial charge in [0.1, 0.15) is 0 Å². The van der Waals surface area contributed by atoms with Crippen molar-refractivity contribution in [3.63, 3.8) is 0 Å². The third-order valence-electron chi connectivity index (χ3n) is 1.44. The zero-order chi connectivity index (χ0) is 9.68. The van der Waals surface area contributed by atoms with Crippen molar-refractivity contribution in [2.45, 2.75) is 6.92 Å². The van der Waals surface area contributed by atoms with Crippen molar-refractivity contribution < 1.29 is 4.79 Å². The van der Waals surface area contributed by atoms with Crippen LogP contribution in [-0.4, -0.2) is 17.0 Å². The first kappa shape index (κ1) is 9.09. The molecule has 2 N–H and O–H groups in total. The van der Waals surface area contributed by atoms with E-state index in [-0.39, 0.29) is 0 Å². The Morgan fingerprint density at radius 3 is 3.15 bits per heavy atom. The second kappa shape index (κ2) is 4.13.